The number of aliphatic hydroxyl groups excluding tert-OH is 1. The Bertz CT molecular complexity index is 637. The van der Waals surface area contributed by atoms with E-state index < -0.39 is 18.2 Å². The molecular weight excluding hydrogens is 344 g/mol. The van der Waals surface area contributed by atoms with Gasteiger partial charge in [0, 0.05) is 12.3 Å². The van der Waals surface area contributed by atoms with Gasteiger partial charge in [0.2, 0.25) is 12.0 Å². The fourth-order valence-corrected chi connectivity index (χ4v) is 2.53. The molecule has 0 unspecified atom stereocenters. The third kappa shape index (κ3) is 5.55. The van der Waals surface area contributed by atoms with Crippen LogP contribution in [-0.4, -0.2) is 62.0 Å². The Morgan fingerprint density at radius 2 is 1.92 bits per heavy atom. The first-order chi connectivity index (χ1) is 12.5. The number of carbonyl (C=O) groups excluding carboxylic acids is 1. The Hall–Kier alpha value is -2.42. The molecule has 1 aliphatic rings. The summed E-state index contributed by atoms with van der Waals surface area (Å²) in [6.07, 6.45) is 1.22. The van der Waals surface area contributed by atoms with Crippen molar-refractivity contribution in [1.29, 1.82) is 0 Å². The highest BCUT2D eigenvalue weighted by molar-refractivity contribution is 5.89. The predicted octanol–water partition coefficient (Wildman–Crippen LogP) is 1.30. The Kier molecular flexibility index (Phi) is 7.58. The van der Waals surface area contributed by atoms with E-state index in [0.29, 0.717) is 12.0 Å². The minimum atomic E-state index is -1.17. The summed E-state index contributed by atoms with van der Waals surface area (Å²) in [5.74, 6) is -2.02. The maximum atomic E-state index is 11.5. The first-order valence-electron chi connectivity index (χ1n) is 8.15. The van der Waals surface area contributed by atoms with Gasteiger partial charge in [-0.1, -0.05) is 12.1 Å². The third-order valence-electron chi connectivity index (χ3n) is 3.80. The van der Waals surface area contributed by atoms with E-state index in [4.69, 9.17) is 19.3 Å². The van der Waals surface area contributed by atoms with Crippen molar-refractivity contribution in [2.75, 3.05) is 33.5 Å². The highest BCUT2D eigenvalue weighted by atomic mass is 16.7. The van der Waals surface area contributed by atoms with E-state index >= 15 is 0 Å². The quantitative estimate of drug-likeness (QED) is 0.497. The summed E-state index contributed by atoms with van der Waals surface area (Å²) in [6.45, 7) is 0.621. The van der Waals surface area contributed by atoms with E-state index in [0.717, 1.165) is 5.56 Å². The first-order valence-corrected chi connectivity index (χ1v) is 8.15. The molecule has 26 heavy (non-hydrogen) atoms. The van der Waals surface area contributed by atoms with Crippen LogP contribution < -0.4 is 0 Å². The Balaban J connectivity index is 2.04. The van der Waals surface area contributed by atoms with Gasteiger partial charge in [-0.3, -0.25) is 0 Å². The molecule has 2 atom stereocenters. The number of allylic oxidation sites excluding steroid dienone is 1. The molecule has 1 heterocycles. The number of carbonyl (C=O) groups is 2. The fraction of sp³-hybridized carbons (Fsp3) is 0.444. The van der Waals surface area contributed by atoms with Crippen molar-refractivity contribution in [3.05, 3.63) is 47.2 Å². The van der Waals surface area contributed by atoms with E-state index in [1.807, 2.05) is 0 Å². The lowest BCUT2D eigenvalue weighted by atomic mass is 9.92. The van der Waals surface area contributed by atoms with Crippen molar-refractivity contribution in [1.82, 2.24) is 0 Å². The molecule has 0 saturated carbocycles. The van der Waals surface area contributed by atoms with E-state index in [1.54, 1.807) is 24.3 Å². The molecular formula is C18H22O8. The molecule has 0 radical (unpaired) electrons. The van der Waals surface area contributed by atoms with Gasteiger partial charge >= 0.3 is 11.9 Å². The maximum Gasteiger partial charge on any atom is 0.370 e. The Morgan fingerprint density at radius 1 is 1.19 bits per heavy atom. The van der Waals surface area contributed by atoms with Crippen LogP contribution >= 0.6 is 0 Å². The van der Waals surface area contributed by atoms with Crippen LogP contribution in [0.15, 0.2) is 36.1 Å². The minimum Gasteiger partial charge on any atom is -0.475 e. The van der Waals surface area contributed by atoms with Gasteiger partial charge in [-0.25, -0.2) is 9.59 Å². The number of ether oxygens (including phenoxy) is 4. The summed E-state index contributed by atoms with van der Waals surface area (Å²) in [4.78, 5) is 22.8. The van der Waals surface area contributed by atoms with Crippen LogP contribution in [0.3, 0.4) is 0 Å². The van der Waals surface area contributed by atoms with Gasteiger partial charge in [0.25, 0.3) is 0 Å². The smallest absolute Gasteiger partial charge is 0.370 e. The molecule has 0 fully saturated rings. The average Bonchev–Trinajstić information content (AvgIpc) is 2.67. The van der Waals surface area contributed by atoms with Crippen molar-refractivity contribution in [2.45, 2.75) is 18.6 Å². The average molecular weight is 366 g/mol. The molecule has 142 valence electrons. The van der Waals surface area contributed by atoms with Gasteiger partial charge in [-0.2, -0.15) is 0 Å². The van der Waals surface area contributed by atoms with Crippen LogP contribution in [0, 0.1) is 0 Å². The Morgan fingerprint density at radius 3 is 2.54 bits per heavy atom. The number of hydrogen-bond acceptors (Lipinski definition) is 7. The van der Waals surface area contributed by atoms with Crippen molar-refractivity contribution in [3.63, 3.8) is 0 Å². The summed E-state index contributed by atoms with van der Waals surface area (Å²) < 4.78 is 20.6. The first kappa shape index (κ1) is 19.9. The van der Waals surface area contributed by atoms with Gasteiger partial charge in [-0.05, 0) is 23.8 Å². The van der Waals surface area contributed by atoms with Crippen LogP contribution in [0.25, 0.3) is 0 Å². The zero-order valence-corrected chi connectivity index (χ0v) is 14.4. The third-order valence-corrected chi connectivity index (χ3v) is 3.80. The second kappa shape index (κ2) is 9.91. The normalized spacial score (nSPS) is 19.4. The van der Waals surface area contributed by atoms with Crippen LogP contribution in [0.1, 0.15) is 28.3 Å². The molecule has 8 nitrogen and oxygen atoms in total. The van der Waals surface area contributed by atoms with E-state index in [9.17, 15) is 14.7 Å². The predicted molar refractivity (Wildman–Crippen MR) is 89.6 cm³/mol. The van der Waals surface area contributed by atoms with Crippen LogP contribution in [0.2, 0.25) is 0 Å². The number of aliphatic carboxylic acids is 1. The van der Waals surface area contributed by atoms with Crippen molar-refractivity contribution < 1.29 is 38.7 Å². The van der Waals surface area contributed by atoms with E-state index in [2.05, 4.69) is 4.74 Å². The largest absolute Gasteiger partial charge is 0.475 e. The number of hydrogen-bond donors (Lipinski definition) is 2. The van der Waals surface area contributed by atoms with Crippen LogP contribution in [0.4, 0.5) is 0 Å². The standard InChI is InChI=1S/C18H22O8/c1-23-18(22)13-4-2-12(3-5-13)14-10-15(17(20)21)26-16(11-14)25-9-8-24-7-6-19/h2-5,10,14,16,19H,6-9,11H2,1H3,(H,20,21)/t14-,16+/m0/s1. The topological polar surface area (TPSA) is 112 Å². The minimum absolute atomic E-state index is 0.0739. The molecule has 2 N–H and O–H groups in total. The molecule has 0 spiro atoms. The van der Waals surface area contributed by atoms with Gasteiger partial charge in [0.05, 0.1) is 39.1 Å². The second-order valence-electron chi connectivity index (χ2n) is 5.55. The van der Waals surface area contributed by atoms with Gasteiger partial charge in [0.15, 0.2) is 0 Å². The van der Waals surface area contributed by atoms with Crippen LogP contribution in [0.5, 0.6) is 0 Å². The number of carboxylic acids is 1. The lowest BCUT2D eigenvalue weighted by Crippen LogP contribution is -2.28. The summed E-state index contributed by atoms with van der Waals surface area (Å²) >= 11 is 0. The molecule has 0 aromatic heterocycles. The number of benzene rings is 1. The summed E-state index contributed by atoms with van der Waals surface area (Å²) in [5, 5.41) is 17.9. The zero-order chi connectivity index (χ0) is 18.9. The monoisotopic (exact) mass is 366 g/mol. The van der Waals surface area contributed by atoms with Crippen molar-refractivity contribution >= 4 is 11.9 Å². The number of rotatable bonds is 9. The lowest BCUT2D eigenvalue weighted by molar-refractivity contribution is -0.160. The highest BCUT2D eigenvalue weighted by Crippen LogP contribution is 2.31. The summed E-state index contributed by atoms with van der Waals surface area (Å²) in [6, 6.07) is 6.76. The molecule has 0 aliphatic carbocycles. The molecule has 0 saturated heterocycles. The van der Waals surface area contributed by atoms with Crippen molar-refractivity contribution in [2.24, 2.45) is 0 Å². The second-order valence-corrected chi connectivity index (χ2v) is 5.55. The molecule has 2 rings (SSSR count). The van der Waals surface area contributed by atoms with Gasteiger partial charge in [-0.15, -0.1) is 0 Å². The number of esters is 1. The maximum absolute atomic E-state index is 11.5. The molecule has 1 aromatic carbocycles. The van der Waals surface area contributed by atoms with Gasteiger partial charge in [0.1, 0.15) is 0 Å². The van der Waals surface area contributed by atoms with E-state index in [-0.39, 0.29) is 38.1 Å². The number of aliphatic hydroxyl groups is 1. The highest BCUT2D eigenvalue weighted by Gasteiger charge is 2.28. The van der Waals surface area contributed by atoms with Gasteiger partial charge < -0.3 is 29.2 Å². The fourth-order valence-electron chi connectivity index (χ4n) is 2.53. The molecule has 0 amide bonds. The molecule has 8 heteroatoms. The SMILES string of the molecule is COC(=O)c1ccc([C@H]2C=C(C(=O)O)O[C@@H](OCCOCCO)C2)cc1. The van der Waals surface area contributed by atoms with Crippen LogP contribution in [-0.2, 0) is 23.7 Å². The summed E-state index contributed by atoms with van der Waals surface area (Å²) in [5.41, 5.74) is 1.25. The zero-order valence-electron chi connectivity index (χ0n) is 14.4. The Labute approximate surface area is 150 Å². The molecule has 0 bridgehead atoms. The van der Waals surface area contributed by atoms with Crippen molar-refractivity contribution in [3.8, 4) is 0 Å². The number of methoxy groups -OCH3 is 1. The van der Waals surface area contributed by atoms with E-state index in [1.165, 1.54) is 13.2 Å². The molecule has 1 aliphatic heterocycles. The molecule has 1 aromatic rings. The summed E-state index contributed by atoms with van der Waals surface area (Å²) in [7, 11) is 1.31. The number of carboxylic acid groups (broad SMARTS) is 1. The lowest BCUT2D eigenvalue weighted by Gasteiger charge is -2.28.